The van der Waals surface area contributed by atoms with E-state index in [0.717, 1.165) is 0 Å². The van der Waals surface area contributed by atoms with Gasteiger partial charge in [-0.25, -0.2) is 9.97 Å². The van der Waals surface area contributed by atoms with Crippen molar-refractivity contribution in [3.05, 3.63) is 6.33 Å². The van der Waals surface area contributed by atoms with Crippen molar-refractivity contribution in [2.24, 2.45) is 0 Å². The van der Waals surface area contributed by atoms with Gasteiger partial charge in [0.05, 0.1) is 12.1 Å². The van der Waals surface area contributed by atoms with Crippen molar-refractivity contribution in [2.45, 2.75) is 6.92 Å². The molecule has 0 aliphatic rings. The Morgan fingerprint density at radius 3 is 2.53 bits per heavy atom. The van der Waals surface area contributed by atoms with Crippen LogP contribution in [0, 0.1) is 22.7 Å². The molecule has 7 nitrogen and oxygen atoms in total. The maximum atomic E-state index is 8.69. The maximum Gasteiger partial charge on any atom is 0.159 e. The summed E-state index contributed by atoms with van der Waals surface area (Å²) in [6.45, 7) is 2.71. The Labute approximate surface area is 99.5 Å². The SMILES string of the molecule is CCNc1ncnc(N(CC#N)CC#N)c1N. The lowest BCUT2D eigenvalue weighted by Gasteiger charge is -2.19. The van der Waals surface area contributed by atoms with Gasteiger partial charge in [0.1, 0.15) is 25.1 Å². The van der Waals surface area contributed by atoms with Gasteiger partial charge in [0.25, 0.3) is 0 Å². The first-order valence-corrected chi connectivity index (χ1v) is 5.07. The Balaban J connectivity index is 3.07. The molecule has 0 atom stereocenters. The van der Waals surface area contributed by atoms with Crippen molar-refractivity contribution in [3.63, 3.8) is 0 Å². The molecule has 0 aromatic carbocycles. The van der Waals surface area contributed by atoms with Crippen LogP contribution in [0.25, 0.3) is 0 Å². The number of nitrogen functional groups attached to an aromatic ring is 1. The number of rotatable bonds is 5. The van der Waals surface area contributed by atoms with Crippen LogP contribution < -0.4 is 16.0 Å². The molecule has 88 valence electrons. The molecule has 7 heteroatoms. The van der Waals surface area contributed by atoms with E-state index < -0.39 is 0 Å². The number of nitriles is 2. The number of nitrogens with zero attached hydrogens (tertiary/aromatic N) is 5. The Bertz CT molecular complexity index is 441. The first-order chi connectivity index (χ1) is 8.24. The predicted molar refractivity (Wildman–Crippen MR) is 64.0 cm³/mol. The van der Waals surface area contributed by atoms with Gasteiger partial charge >= 0.3 is 0 Å². The molecule has 1 heterocycles. The molecule has 0 aliphatic carbocycles. The Hall–Kier alpha value is -2.54. The second-order valence-corrected chi connectivity index (χ2v) is 3.16. The summed E-state index contributed by atoms with van der Waals surface area (Å²) in [6, 6.07) is 3.94. The van der Waals surface area contributed by atoms with Crippen LogP contribution in [0.2, 0.25) is 0 Å². The van der Waals surface area contributed by atoms with Crippen LogP contribution in [0.15, 0.2) is 6.33 Å². The highest BCUT2D eigenvalue weighted by atomic mass is 15.2. The van der Waals surface area contributed by atoms with Crippen LogP contribution in [-0.2, 0) is 0 Å². The van der Waals surface area contributed by atoms with Gasteiger partial charge < -0.3 is 16.0 Å². The molecule has 0 fully saturated rings. The van der Waals surface area contributed by atoms with Crippen LogP contribution in [0.4, 0.5) is 17.3 Å². The first-order valence-electron chi connectivity index (χ1n) is 5.07. The molecular formula is C10H13N7. The Morgan fingerprint density at radius 2 is 2.00 bits per heavy atom. The number of anilines is 3. The van der Waals surface area contributed by atoms with Crippen LogP contribution in [0.5, 0.6) is 0 Å². The summed E-state index contributed by atoms with van der Waals surface area (Å²) in [4.78, 5) is 9.50. The molecule has 0 unspecified atom stereocenters. The molecule has 0 amide bonds. The molecule has 0 saturated carbocycles. The van der Waals surface area contributed by atoms with Gasteiger partial charge in [-0.2, -0.15) is 10.5 Å². The van der Waals surface area contributed by atoms with Crippen molar-refractivity contribution in [2.75, 3.05) is 35.6 Å². The summed E-state index contributed by atoms with van der Waals surface area (Å²) >= 11 is 0. The van der Waals surface area contributed by atoms with Crippen LogP contribution in [0.3, 0.4) is 0 Å². The molecule has 1 aromatic heterocycles. The number of hydrogen-bond donors (Lipinski definition) is 2. The summed E-state index contributed by atoms with van der Waals surface area (Å²) in [5.41, 5.74) is 6.23. The third-order valence-corrected chi connectivity index (χ3v) is 2.03. The highest BCUT2D eigenvalue weighted by molar-refractivity contribution is 5.75. The molecule has 0 bridgehead atoms. The van der Waals surface area contributed by atoms with E-state index in [-0.39, 0.29) is 13.1 Å². The van der Waals surface area contributed by atoms with Crippen molar-refractivity contribution < 1.29 is 0 Å². The number of nitrogens with two attached hydrogens (primary N) is 1. The third-order valence-electron chi connectivity index (χ3n) is 2.03. The zero-order valence-electron chi connectivity index (χ0n) is 9.51. The van der Waals surface area contributed by atoms with E-state index in [1.54, 1.807) is 0 Å². The number of aromatic nitrogens is 2. The molecule has 1 aromatic rings. The van der Waals surface area contributed by atoms with Crippen LogP contribution >= 0.6 is 0 Å². The third kappa shape index (κ3) is 2.95. The van der Waals surface area contributed by atoms with Crippen LogP contribution in [0.1, 0.15) is 6.92 Å². The van der Waals surface area contributed by atoms with Crippen molar-refractivity contribution in [3.8, 4) is 12.1 Å². The minimum atomic E-state index is 0.0559. The van der Waals surface area contributed by atoms with E-state index in [0.29, 0.717) is 23.9 Å². The topological polar surface area (TPSA) is 115 Å². The van der Waals surface area contributed by atoms with Crippen molar-refractivity contribution in [1.82, 2.24) is 9.97 Å². The fraction of sp³-hybridized carbons (Fsp3) is 0.400. The molecule has 0 aliphatic heterocycles. The lowest BCUT2D eigenvalue weighted by Crippen LogP contribution is -2.26. The monoisotopic (exact) mass is 231 g/mol. The van der Waals surface area contributed by atoms with Gasteiger partial charge in [0, 0.05) is 6.54 Å². The zero-order chi connectivity index (χ0) is 12.7. The predicted octanol–water partition coefficient (Wildman–Crippen LogP) is 0.344. The van der Waals surface area contributed by atoms with Crippen molar-refractivity contribution >= 4 is 17.3 Å². The normalized spacial score (nSPS) is 9.12. The fourth-order valence-corrected chi connectivity index (χ4v) is 1.32. The van der Waals surface area contributed by atoms with E-state index in [9.17, 15) is 0 Å². The Kier molecular flexibility index (Phi) is 4.52. The van der Waals surface area contributed by atoms with Gasteiger partial charge in [-0.3, -0.25) is 0 Å². The smallest absolute Gasteiger partial charge is 0.159 e. The van der Waals surface area contributed by atoms with Gasteiger partial charge in [-0.15, -0.1) is 0 Å². The second-order valence-electron chi connectivity index (χ2n) is 3.16. The zero-order valence-corrected chi connectivity index (χ0v) is 9.51. The quantitative estimate of drug-likeness (QED) is 0.702. The number of nitrogens with one attached hydrogen (secondary N) is 1. The van der Waals surface area contributed by atoms with E-state index in [4.69, 9.17) is 16.3 Å². The highest BCUT2D eigenvalue weighted by Gasteiger charge is 2.14. The van der Waals surface area contributed by atoms with Gasteiger partial charge in [0.2, 0.25) is 0 Å². The minimum Gasteiger partial charge on any atom is -0.393 e. The number of hydrogen-bond acceptors (Lipinski definition) is 7. The summed E-state index contributed by atoms with van der Waals surface area (Å²) in [6.07, 6.45) is 1.35. The average molecular weight is 231 g/mol. The van der Waals surface area contributed by atoms with Gasteiger partial charge in [-0.05, 0) is 6.92 Å². The molecule has 3 N–H and O–H groups in total. The van der Waals surface area contributed by atoms with Gasteiger partial charge in [0.15, 0.2) is 11.6 Å². The molecular weight excluding hydrogens is 218 g/mol. The largest absolute Gasteiger partial charge is 0.393 e. The summed E-state index contributed by atoms with van der Waals surface area (Å²) < 4.78 is 0. The lowest BCUT2D eigenvalue weighted by atomic mass is 10.3. The standard InChI is InChI=1S/C10H13N7/c1-2-14-9-8(13)10(16-7-15-9)17(5-3-11)6-4-12/h7H,2,5-6,13H2,1H3,(H,14,15,16). The average Bonchev–Trinajstić information content (AvgIpc) is 2.32. The second kappa shape index (κ2) is 6.13. The summed E-state index contributed by atoms with van der Waals surface area (Å²) in [7, 11) is 0. The summed E-state index contributed by atoms with van der Waals surface area (Å²) in [5.74, 6) is 0.914. The lowest BCUT2D eigenvalue weighted by molar-refractivity contribution is 0.928. The van der Waals surface area contributed by atoms with E-state index >= 15 is 0 Å². The Morgan fingerprint density at radius 1 is 1.35 bits per heavy atom. The van der Waals surface area contributed by atoms with E-state index in [2.05, 4.69) is 15.3 Å². The van der Waals surface area contributed by atoms with Crippen LogP contribution in [-0.4, -0.2) is 29.6 Å². The minimum absolute atomic E-state index is 0.0559. The van der Waals surface area contributed by atoms with E-state index in [1.165, 1.54) is 11.2 Å². The molecule has 0 saturated heterocycles. The summed E-state index contributed by atoms with van der Waals surface area (Å²) in [5, 5.41) is 20.4. The van der Waals surface area contributed by atoms with Crippen molar-refractivity contribution in [1.29, 1.82) is 10.5 Å². The highest BCUT2D eigenvalue weighted by Crippen LogP contribution is 2.25. The van der Waals surface area contributed by atoms with E-state index in [1.807, 2.05) is 19.1 Å². The molecule has 17 heavy (non-hydrogen) atoms. The molecule has 0 radical (unpaired) electrons. The first kappa shape index (κ1) is 12.5. The fourth-order valence-electron chi connectivity index (χ4n) is 1.32. The maximum absolute atomic E-state index is 8.69. The molecule has 0 spiro atoms. The van der Waals surface area contributed by atoms with Gasteiger partial charge in [-0.1, -0.05) is 0 Å². The molecule has 1 rings (SSSR count).